The van der Waals surface area contributed by atoms with Crippen LogP contribution in [0.2, 0.25) is 0 Å². The van der Waals surface area contributed by atoms with Gasteiger partial charge in [-0.2, -0.15) is 0 Å². The molecular weight excluding hydrogens is 374 g/mol. The third-order valence-electron chi connectivity index (χ3n) is 6.65. The average molecular weight is 406 g/mol. The van der Waals surface area contributed by atoms with Gasteiger partial charge in [-0.05, 0) is 49.1 Å². The summed E-state index contributed by atoms with van der Waals surface area (Å²) in [5, 5.41) is 0. The molecule has 158 valence electrons. The second-order valence-corrected chi connectivity index (χ2v) is 8.42. The number of piperazine rings is 1. The maximum absolute atomic E-state index is 13.2. The first kappa shape index (κ1) is 20.5. The third-order valence-corrected chi connectivity index (χ3v) is 6.65. The number of hydrogen-bond acceptors (Lipinski definition) is 3. The minimum atomic E-state index is -0.241. The van der Waals surface area contributed by atoms with Gasteiger partial charge in [0.1, 0.15) is 0 Å². The number of carbonyl (C=O) groups is 2. The molecule has 2 aliphatic rings. The Morgan fingerprint density at radius 3 is 2.40 bits per heavy atom. The van der Waals surface area contributed by atoms with Crippen LogP contribution in [0, 0.1) is 19.8 Å². The monoisotopic (exact) mass is 405 g/mol. The molecule has 5 nitrogen and oxygen atoms in total. The number of rotatable bonds is 4. The molecule has 0 saturated carbocycles. The summed E-state index contributed by atoms with van der Waals surface area (Å²) < 4.78 is 0. The molecule has 30 heavy (non-hydrogen) atoms. The van der Waals surface area contributed by atoms with E-state index in [0.29, 0.717) is 26.1 Å². The van der Waals surface area contributed by atoms with Crippen LogP contribution in [0.3, 0.4) is 0 Å². The van der Waals surface area contributed by atoms with E-state index in [2.05, 4.69) is 49.9 Å². The fraction of sp³-hybridized carbons (Fsp3) is 0.440. The molecule has 2 amide bonds. The number of amides is 2. The Hall–Kier alpha value is -2.82. The van der Waals surface area contributed by atoms with Crippen molar-refractivity contribution in [2.24, 2.45) is 5.92 Å². The quantitative estimate of drug-likeness (QED) is 0.781. The van der Waals surface area contributed by atoms with Crippen LogP contribution in [0.1, 0.15) is 30.0 Å². The Labute approximate surface area is 179 Å². The number of aryl methyl sites for hydroxylation is 2. The van der Waals surface area contributed by atoms with Crippen LogP contribution >= 0.6 is 0 Å². The summed E-state index contributed by atoms with van der Waals surface area (Å²) >= 11 is 0. The van der Waals surface area contributed by atoms with E-state index in [0.717, 1.165) is 30.8 Å². The van der Waals surface area contributed by atoms with Crippen LogP contribution in [0.4, 0.5) is 11.4 Å². The minimum Gasteiger partial charge on any atom is -0.368 e. The van der Waals surface area contributed by atoms with E-state index in [1.54, 1.807) is 0 Å². The summed E-state index contributed by atoms with van der Waals surface area (Å²) in [6.07, 6.45) is 1.19. The molecule has 0 radical (unpaired) electrons. The summed E-state index contributed by atoms with van der Waals surface area (Å²) in [4.78, 5) is 32.0. The topological polar surface area (TPSA) is 43.9 Å². The van der Waals surface area contributed by atoms with Crippen LogP contribution in [0.15, 0.2) is 42.5 Å². The molecule has 4 rings (SSSR count). The zero-order chi connectivity index (χ0) is 21.3. The highest BCUT2D eigenvalue weighted by molar-refractivity contribution is 6.00. The fourth-order valence-electron chi connectivity index (χ4n) is 4.68. The molecule has 0 N–H and O–H groups in total. The van der Waals surface area contributed by atoms with Crippen LogP contribution in [-0.4, -0.2) is 49.4 Å². The SMILES string of the molecule is CCc1ccccc1N1C[C@@H](C(=O)N2CCN(c3cccc(C)c3C)CC2)CC1=O. The number of hydrogen-bond donors (Lipinski definition) is 0. The normalized spacial score (nSPS) is 19.5. The van der Waals surface area contributed by atoms with E-state index < -0.39 is 0 Å². The lowest BCUT2D eigenvalue weighted by Crippen LogP contribution is -2.51. The highest BCUT2D eigenvalue weighted by Crippen LogP contribution is 2.30. The second kappa shape index (κ2) is 8.50. The summed E-state index contributed by atoms with van der Waals surface area (Å²) in [5.41, 5.74) is 5.98. The number of carbonyl (C=O) groups excluding carboxylic acids is 2. The van der Waals surface area contributed by atoms with Gasteiger partial charge in [-0.3, -0.25) is 9.59 Å². The largest absolute Gasteiger partial charge is 0.368 e. The highest BCUT2D eigenvalue weighted by Gasteiger charge is 2.38. The van der Waals surface area contributed by atoms with Gasteiger partial charge in [-0.25, -0.2) is 0 Å². The fourth-order valence-corrected chi connectivity index (χ4v) is 4.68. The molecule has 0 spiro atoms. The van der Waals surface area contributed by atoms with Crippen LogP contribution < -0.4 is 9.80 Å². The second-order valence-electron chi connectivity index (χ2n) is 8.42. The smallest absolute Gasteiger partial charge is 0.228 e. The van der Waals surface area contributed by atoms with Gasteiger partial charge < -0.3 is 14.7 Å². The number of nitrogens with zero attached hydrogens (tertiary/aromatic N) is 3. The first-order chi connectivity index (χ1) is 14.5. The molecule has 2 fully saturated rings. The lowest BCUT2D eigenvalue weighted by atomic mass is 10.0. The van der Waals surface area contributed by atoms with E-state index in [9.17, 15) is 9.59 Å². The lowest BCUT2D eigenvalue weighted by Gasteiger charge is -2.38. The van der Waals surface area contributed by atoms with Crippen molar-refractivity contribution < 1.29 is 9.59 Å². The molecule has 2 saturated heterocycles. The predicted octanol–water partition coefficient (Wildman–Crippen LogP) is 3.57. The van der Waals surface area contributed by atoms with Crippen molar-refractivity contribution in [1.29, 1.82) is 0 Å². The average Bonchev–Trinajstić information content (AvgIpc) is 3.16. The zero-order valence-corrected chi connectivity index (χ0v) is 18.2. The maximum atomic E-state index is 13.2. The molecular formula is C25H31N3O2. The van der Waals surface area contributed by atoms with Gasteiger partial charge in [0.15, 0.2) is 0 Å². The predicted molar refractivity (Wildman–Crippen MR) is 121 cm³/mol. The van der Waals surface area contributed by atoms with Crippen molar-refractivity contribution in [2.45, 2.75) is 33.6 Å². The van der Waals surface area contributed by atoms with Crippen molar-refractivity contribution in [3.63, 3.8) is 0 Å². The van der Waals surface area contributed by atoms with Gasteiger partial charge in [0.2, 0.25) is 11.8 Å². The van der Waals surface area contributed by atoms with Crippen molar-refractivity contribution in [2.75, 3.05) is 42.5 Å². The third kappa shape index (κ3) is 3.81. The number of anilines is 2. The molecule has 0 aliphatic carbocycles. The summed E-state index contributed by atoms with van der Waals surface area (Å²) in [7, 11) is 0. The number of para-hydroxylation sites is 1. The van der Waals surface area contributed by atoms with Crippen LogP contribution in [-0.2, 0) is 16.0 Å². The Bertz CT molecular complexity index is 947. The molecule has 2 heterocycles. The van der Waals surface area contributed by atoms with Crippen molar-refractivity contribution in [1.82, 2.24) is 4.90 Å². The minimum absolute atomic E-state index is 0.0586. The van der Waals surface area contributed by atoms with E-state index in [1.807, 2.05) is 28.0 Å². The summed E-state index contributed by atoms with van der Waals surface area (Å²) in [6, 6.07) is 14.4. The van der Waals surface area contributed by atoms with E-state index in [1.165, 1.54) is 16.8 Å². The standard InChI is InChI=1S/C25H31N3O2/c1-4-20-9-5-6-10-23(20)28-17-21(16-24(28)29)25(30)27-14-12-26(13-15-27)22-11-7-8-18(2)19(22)3/h5-11,21H,4,12-17H2,1-3H3/t21-/m0/s1. The molecule has 2 aliphatic heterocycles. The van der Waals surface area contributed by atoms with Crippen LogP contribution in [0.5, 0.6) is 0 Å². The van der Waals surface area contributed by atoms with Crippen molar-refractivity contribution in [3.05, 3.63) is 59.2 Å². The zero-order valence-electron chi connectivity index (χ0n) is 18.2. The molecule has 2 aromatic carbocycles. The van der Waals surface area contributed by atoms with E-state index >= 15 is 0 Å². The van der Waals surface area contributed by atoms with Gasteiger partial charge in [-0.15, -0.1) is 0 Å². The van der Waals surface area contributed by atoms with E-state index in [-0.39, 0.29) is 17.7 Å². The van der Waals surface area contributed by atoms with E-state index in [4.69, 9.17) is 0 Å². The van der Waals surface area contributed by atoms with Gasteiger partial charge in [0.25, 0.3) is 0 Å². The molecule has 5 heteroatoms. The molecule has 0 aromatic heterocycles. The number of benzene rings is 2. The molecule has 0 unspecified atom stereocenters. The Balaban J connectivity index is 1.40. The highest BCUT2D eigenvalue weighted by atomic mass is 16.2. The van der Waals surface area contributed by atoms with Crippen molar-refractivity contribution in [3.8, 4) is 0 Å². The van der Waals surface area contributed by atoms with Gasteiger partial charge in [0, 0.05) is 50.5 Å². The van der Waals surface area contributed by atoms with Crippen molar-refractivity contribution >= 4 is 23.2 Å². The Morgan fingerprint density at radius 1 is 0.967 bits per heavy atom. The van der Waals surface area contributed by atoms with Gasteiger partial charge in [-0.1, -0.05) is 37.3 Å². The summed E-state index contributed by atoms with van der Waals surface area (Å²) in [6.45, 7) is 9.97. The first-order valence-corrected chi connectivity index (χ1v) is 11.0. The van der Waals surface area contributed by atoms with Gasteiger partial charge in [0.05, 0.1) is 5.92 Å². The maximum Gasteiger partial charge on any atom is 0.228 e. The first-order valence-electron chi connectivity index (χ1n) is 11.0. The molecule has 1 atom stereocenters. The molecule has 2 aromatic rings. The molecule has 0 bridgehead atoms. The Morgan fingerprint density at radius 2 is 1.67 bits per heavy atom. The van der Waals surface area contributed by atoms with Crippen LogP contribution in [0.25, 0.3) is 0 Å². The lowest BCUT2D eigenvalue weighted by molar-refractivity contribution is -0.136. The summed E-state index contributed by atoms with van der Waals surface area (Å²) in [5.74, 6) is -0.0571. The Kier molecular flexibility index (Phi) is 5.80. The van der Waals surface area contributed by atoms with Gasteiger partial charge >= 0.3 is 0 Å².